The summed E-state index contributed by atoms with van der Waals surface area (Å²) in [6, 6.07) is 0. The molecule has 0 bridgehead atoms. The number of carbonyl (C=O) groups excluding carboxylic acids is 1. The Morgan fingerprint density at radius 2 is 2.11 bits per heavy atom. The number of hydrogen-bond acceptors (Lipinski definition) is 3. The zero-order valence-corrected chi connectivity index (χ0v) is 11.5. The Kier molecular flexibility index (Phi) is 5.45. The van der Waals surface area contributed by atoms with Crippen LogP contribution in [0.4, 0.5) is 0 Å². The Bertz CT molecular complexity index is 263. The zero-order chi connectivity index (χ0) is 12.8. The number of nitrogens with one attached hydrogen (secondary N) is 1. The van der Waals surface area contributed by atoms with Crippen LogP contribution >= 0.6 is 0 Å². The van der Waals surface area contributed by atoms with E-state index in [9.17, 15) is 4.79 Å². The Labute approximate surface area is 110 Å². The number of carbonyl (C=O) groups is 1. The molecular formula is C14H26N2O2. The van der Waals surface area contributed by atoms with Gasteiger partial charge in [0, 0.05) is 26.1 Å². The van der Waals surface area contributed by atoms with Gasteiger partial charge in [0.2, 0.25) is 5.91 Å². The number of morpholine rings is 1. The molecule has 1 saturated carbocycles. The molecule has 18 heavy (non-hydrogen) atoms. The Hall–Kier alpha value is -0.610. The van der Waals surface area contributed by atoms with Gasteiger partial charge in [0.1, 0.15) is 0 Å². The third-order valence-electron chi connectivity index (χ3n) is 4.11. The van der Waals surface area contributed by atoms with Crippen LogP contribution in [0.25, 0.3) is 0 Å². The SMILES string of the molecule is CNCC1CN(C(=O)CC2CCCCC2)CCO1. The highest BCUT2D eigenvalue weighted by Crippen LogP contribution is 2.27. The molecular weight excluding hydrogens is 228 g/mol. The summed E-state index contributed by atoms with van der Waals surface area (Å²) in [6.45, 7) is 3.04. The predicted octanol–water partition coefficient (Wildman–Crippen LogP) is 1.40. The third kappa shape index (κ3) is 3.95. The molecule has 4 heteroatoms. The van der Waals surface area contributed by atoms with Crippen molar-refractivity contribution in [3.05, 3.63) is 0 Å². The predicted molar refractivity (Wildman–Crippen MR) is 71.4 cm³/mol. The summed E-state index contributed by atoms with van der Waals surface area (Å²) in [5, 5.41) is 3.12. The molecule has 1 heterocycles. The van der Waals surface area contributed by atoms with Crippen LogP contribution in [0.3, 0.4) is 0 Å². The van der Waals surface area contributed by atoms with Gasteiger partial charge >= 0.3 is 0 Å². The molecule has 2 aliphatic rings. The lowest BCUT2D eigenvalue weighted by Crippen LogP contribution is -2.48. The van der Waals surface area contributed by atoms with Crippen molar-refractivity contribution in [1.82, 2.24) is 10.2 Å². The van der Waals surface area contributed by atoms with Crippen molar-refractivity contribution in [1.29, 1.82) is 0 Å². The molecule has 1 N–H and O–H groups in total. The van der Waals surface area contributed by atoms with E-state index in [2.05, 4.69) is 5.32 Å². The molecule has 1 saturated heterocycles. The summed E-state index contributed by atoms with van der Waals surface area (Å²) in [4.78, 5) is 14.3. The van der Waals surface area contributed by atoms with E-state index >= 15 is 0 Å². The monoisotopic (exact) mass is 254 g/mol. The average Bonchev–Trinajstić information content (AvgIpc) is 2.40. The number of nitrogens with zero attached hydrogens (tertiary/aromatic N) is 1. The topological polar surface area (TPSA) is 41.6 Å². The molecule has 104 valence electrons. The van der Waals surface area contributed by atoms with Crippen molar-refractivity contribution in [3.63, 3.8) is 0 Å². The highest BCUT2D eigenvalue weighted by atomic mass is 16.5. The van der Waals surface area contributed by atoms with Crippen LogP contribution in [0, 0.1) is 5.92 Å². The lowest BCUT2D eigenvalue weighted by Gasteiger charge is -2.34. The molecule has 2 rings (SSSR count). The molecule has 1 atom stereocenters. The number of rotatable bonds is 4. The molecule has 2 fully saturated rings. The molecule has 1 amide bonds. The Balaban J connectivity index is 1.76. The van der Waals surface area contributed by atoms with Gasteiger partial charge in [0.05, 0.1) is 12.7 Å². The molecule has 1 unspecified atom stereocenters. The second-order valence-electron chi connectivity index (χ2n) is 5.60. The summed E-state index contributed by atoms with van der Waals surface area (Å²) in [7, 11) is 1.92. The van der Waals surface area contributed by atoms with Gasteiger partial charge in [0.15, 0.2) is 0 Å². The van der Waals surface area contributed by atoms with Gasteiger partial charge in [-0.25, -0.2) is 0 Å². The van der Waals surface area contributed by atoms with Crippen molar-refractivity contribution in [2.45, 2.75) is 44.6 Å². The largest absolute Gasteiger partial charge is 0.373 e. The minimum absolute atomic E-state index is 0.166. The molecule has 0 aromatic carbocycles. The summed E-state index contributed by atoms with van der Waals surface area (Å²) in [5.74, 6) is 0.975. The molecule has 0 aromatic rings. The molecule has 0 radical (unpaired) electrons. The fraction of sp³-hybridized carbons (Fsp3) is 0.929. The first-order chi connectivity index (χ1) is 8.79. The van der Waals surface area contributed by atoms with Crippen LogP contribution in [-0.4, -0.2) is 50.2 Å². The number of ether oxygens (including phenoxy) is 1. The van der Waals surface area contributed by atoms with Gasteiger partial charge in [-0.3, -0.25) is 4.79 Å². The average molecular weight is 254 g/mol. The van der Waals surface area contributed by atoms with E-state index < -0.39 is 0 Å². The second kappa shape index (κ2) is 7.10. The Morgan fingerprint density at radius 3 is 2.83 bits per heavy atom. The van der Waals surface area contributed by atoms with Crippen molar-refractivity contribution in [2.75, 3.05) is 33.3 Å². The first-order valence-electron chi connectivity index (χ1n) is 7.33. The highest BCUT2D eigenvalue weighted by molar-refractivity contribution is 5.76. The van der Waals surface area contributed by atoms with Gasteiger partial charge in [-0.15, -0.1) is 0 Å². The summed E-state index contributed by atoms with van der Waals surface area (Å²) in [6.07, 6.45) is 7.39. The number of amides is 1. The summed E-state index contributed by atoms with van der Waals surface area (Å²) >= 11 is 0. The lowest BCUT2D eigenvalue weighted by atomic mass is 9.86. The first-order valence-corrected chi connectivity index (χ1v) is 7.33. The van der Waals surface area contributed by atoms with Gasteiger partial charge in [-0.1, -0.05) is 19.3 Å². The van der Waals surface area contributed by atoms with Crippen molar-refractivity contribution >= 4 is 5.91 Å². The maximum atomic E-state index is 12.3. The van der Waals surface area contributed by atoms with Crippen LogP contribution < -0.4 is 5.32 Å². The smallest absolute Gasteiger partial charge is 0.223 e. The van der Waals surface area contributed by atoms with Gasteiger partial charge in [-0.2, -0.15) is 0 Å². The zero-order valence-electron chi connectivity index (χ0n) is 11.5. The Morgan fingerprint density at radius 1 is 1.33 bits per heavy atom. The van der Waals surface area contributed by atoms with E-state index in [1.54, 1.807) is 0 Å². The minimum atomic E-state index is 0.166. The fourth-order valence-corrected chi connectivity index (χ4v) is 3.06. The van der Waals surface area contributed by atoms with Crippen molar-refractivity contribution < 1.29 is 9.53 Å². The van der Waals surface area contributed by atoms with Gasteiger partial charge < -0.3 is 15.0 Å². The summed E-state index contributed by atoms with van der Waals surface area (Å²) < 4.78 is 5.63. The molecule has 0 spiro atoms. The van der Waals surface area contributed by atoms with E-state index in [1.807, 2.05) is 11.9 Å². The van der Waals surface area contributed by atoms with E-state index in [0.717, 1.165) is 26.1 Å². The van der Waals surface area contributed by atoms with Gasteiger partial charge in [0.25, 0.3) is 0 Å². The normalized spacial score (nSPS) is 26.3. The van der Waals surface area contributed by atoms with Crippen LogP contribution in [0.1, 0.15) is 38.5 Å². The van der Waals surface area contributed by atoms with E-state index in [1.165, 1.54) is 32.1 Å². The maximum Gasteiger partial charge on any atom is 0.223 e. The highest BCUT2D eigenvalue weighted by Gasteiger charge is 2.26. The molecule has 1 aliphatic carbocycles. The molecule has 1 aliphatic heterocycles. The van der Waals surface area contributed by atoms with Crippen LogP contribution in [0.5, 0.6) is 0 Å². The van der Waals surface area contributed by atoms with E-state index in [-0.39, 0.29) is 6.10 Å². The minimum Gasteiger partial charge on any atom is -0.373 e. The fourth-order valence-electron chi connectivity index (χ4n) is 3.06. The van der Waals surface area contributed by atoms with Crippen molar-refractivity contribution in [2.24, 2.45) is 5.92 Å². The maximum absolute atomic E-state index is 12.3. The number of hydrogen-bond donors (Lipinski definition) is 1. The van der Waals surface area contributed by atoms with Gasteiger partial charge in [-0.05, 0) is 25.8 Å². The standard InChI is InChI=1S/C14H26N2O2/c1-15-10-13-11-16(7-8-18-13)14(17)9-12-5-3-2-4-6-12/h12-13,15H,2-11H2,1H3. The van der Waals surface area contributed by atoms with E-state index in [0.29, 0.717) is 18.4 Å². The molecule has 4 nitrogen and oxygen atoms in total. The first kappa shape index (κ1) is 13.8. The summed E-state index contributed by atoms with van der Waals surface area (Å²) in [5.41, 5.74) is 0. The van der Waals surface area contributed by atoms with Crippen molar-refractivity contribution in [3.8, 4) is 0 Å². The third-order valence-corrected chi connectivity index (χ3v) is 4.11. The second-order valence-corrected chi connectivity index (χ2v) is 5.60. The van der Waals surface area contributed by atoms with E-state index in [4.69, 9.17) is 4.74 Å². The number of likely N-dealkylation sites (N-methyl/N-ethyl adjacent to an activating group) is 1. The molecule has 0 aromatic heterocycles. The lowest BCUT2D eigenvalue weighted by molar-refractivity contribution is -0.139. The van der Waals surface area contributed by atoms with Crippen LogP contribution in [-0.2, 0) is 9.53 Å². The quantitative estimate of drug-likeness (QED) is 0.824. The van der Waals surface area contributed by atoms with Crippen LogP contribution in [0.2, 0.25) is 0 Å². The van der Waals surface area contributed by atoms with Crippen LogP contribution in [0.15, 0.2) is 0 Å².